The van der Waals surface area contributed by atoms with E-state index in [-0.39, 0.29) is 12.8 Å². The largest absolute Gasteiger partial charge is 0.438 e. The molecule has 0 bridgehead atoms. The molecule has 0 fully saturated rings. The lowest BCUT2D eigenvalue weighted by Gasteiger charge is -2.04. The number of esters is 1. The first-order chi connectivity index (χ1) is 5.81. The van der Waals surface area contributed by atoms with Crippen LogP contribution in [0.3, 0.4) is 0 Å². The van der Waals surface area contributed by atoms with Gasteiger partial charge in [-0.05, 0) is 6.42 Å². The highest BCUT2D eigenvalue weighted by Crippen LogP contribution is 1.90. The van der Waals surface area contributed by atoms with Crippen LogP contribution in [-0.2, 0) is 18.7 Å². The van der Waals surface area contributed by atoms with Gasteiger partial charge in [0.15, 0.2) is 6.79 Å². The van der Waals surface area contributed by atoms with Gasteiger partial charge in [-0.25, -0.2) is 0 Å². The molecule has 0 saturated heterocycles. The zero-order valence-corrected chi connectivity index (χ0v) is 9.67. The topological polar surface area (TPSA) is 44.8 Å². The Morgan fingerprint density at radius 1 is 1.42 bits per heavy atom. The van der Waals surface area contributed by atoms with Gasteiger partial charge in [0.25, 0.3) is 0 Å². The molecule has 5 heteroatoms. The fraction of sp³-hybridized carbons (Fsp3) is 0.857. The molecule has 72 valence electrons. The maximum atomic E-state index is 10.7. The van der Waals surface area contributed by atoms with Gasteiger partial charge in [-0.3, -0.25) is 4.79 Å². The summed E-state index contributed by atoms with van der Waals surface area (Å²) >= 11 is 0. The summed E-state index contributed by atoms with van der Waals surface area (Å²) in [4.78, 5) is 10.7. The molecular weight excluding hydrogens is 176 g/mol. The van der Waals surface area contributed by atoms with Crippen molar-refractivity contribution in [2.24, 2.45) is 0 Å². The quantitative estimate of drug-likeness (QED) is 0.238. The number of carbonyl (C=O) groups excluding carboxylic acids is 1. The molecule has 0 unspecified atom stereocenters. The maximum absolute atomic E-state index is 10.7. The Morgan fingerprint density at radius 2 is 2.17 bits per heavy atom. The minimum absolute atomic E-state index is 0.0454. The first kappa shape index (κ1) is 11.6. The zero-order chi connectivity index (χ0) is 9.23. The lowest BCUT2D eigenvalue weighted by Crippen LogP contribution is -2.10. The van der Waals surface area contributed by atoms with Crippen molar-refractivity contribution >= 4 is 16.5 Å². The molecule has 0 aromatic heterocycles. The van der Waals surface area contributed by atoms with Crippen LogP contribution in [0.5, 0.6) is 0 Å². The number of rotatable bonds is 7. The van der Waals surface area contributed by atoms with Crippen LogP contribution in [0.25, 0.3) is 0 Å². The average molecular weight is 192 g/mol. The Labute approximate surface area is 75.7 Å². The number of hydrogen-bond donors (Lipinski definition) is 0. The van der Waals surface area contributed by atoms with Crippen molar-refractivity contribution in [1.82, 2.24) is 0 Å². The van der Waals surface area contributed by atoms with Gasteiger partial charge in [-0.2, -0.15) is 0 Å². The Bertz CT molecular complexity index is 118. The third-order valence-electron chi connectivity index (χ3n) is 1.19. The standard InChI is InChI=1S/C7H16O4Si/c1-2-3-7(8)10-6-9-4-5-11-12/h2-6H2,1,12H3. The van der Waals surface area contributed by atoms with E-state index in [0.717, 1.165) is 16.9 Å². The molecule has 0 saturated carbocycles. The highest BCUT2D eigenvalue weighted by Gasteiger charge is 1.98. The lowest BCUT2D eigenvalue weighted by atomic mass is 10.3. The summed E-state index contributed by atoms with van der Waals surface area (Å²) in [7, 11) is 0.717. The number of ether oxygens (including phenoxy) is 2. The molecule has 0 spiro atoms. The third kappa shape index (κ3) is 7.71. The summed E-state index contributed by atoms with van der Waals surface area (Å²) in [5, 5.41) is 0. The predicted octanol–water partition coefficient (Wildman–Crippen LogP) is -0.399. The van der Waals surface area contributed by atoms with Crippen molar-refractivity contribution in [2.45, 2.75) is 19.8 Å². The van der Waals surface area contributed by atoms with Gasteiger partial charge in [-0.15, -0.1) is 0 Å². The summed E-state index contributed by atoms with van der Waals surface area (Å²) in [6, 6.07) is 0. The normalized spacial score (nSPS) is 10.1. The molecule has 0 aliphatic rings. The van der Waals surface area contributed by atoms with E-state index in [1.165, 1.54) is 0 Å². The Balaban J connectivity index is 3.03. The molecular formula is C7H16O4Si. The molecule has 0 aliphatic heterocycles. The molecule has 0 N–H and O–H groups in total. The van der Waals surface area contributed by atoms with E-state index in [2.05, 4.69) is 0 Å². The van der Waals surface area contributed by atoms with Crippen molar-refractivity contribution in [1.29, 1.82) is 0 Å². The van der Waals surface area contributed by atoms with E-state index >= 15 is 0 Å². The summed E-state index contributed by atoms with van der Waals surface area (Å²) < 4.78 is 14.5. The zero-order valence-electron chi connectivity index (χ0n) is 7.67. The Hall–Kier alpha value is -0.393. The molecule has 0 heterocycles. The van der Waals surface area contributed by atoms with E-state index in [1.54, 1.807) is 0 Å². The fourth-order valence-electron chi connectivity index (χ4n) is 0.585. The van der Waals surface area contributed by atoms with Gasteiger partial charge in [0.05, 0.1) is 13.2 Å². The molecule has 0 atom stereocenters. The van der Waals surface area contributed by atoms with Crippen LogP contribution >= 0.6 is 0 Å². The van der Waals surface area contributed by atoms with Gasteiger partial charge in [0.2, 0.25) is 0 Å². The first-order valence-corrected chi connectivity index (χ1v) is 4.85. The van der Waals surface area contributed by atoms with Crippen LogP contribution in [0.2, 0.25) is 0 Å². The molecule has 0 amide bonds. The van der Waals surface area contributed by atoms with Gasteiger partial charge in [0, 0.05) is 6.42 Å². The monoisotopic (exact) mass is 192 g/mol. The Morgan fingerprint density at radius 3 is 2.75 bits per heavy atom. The number of carbonyl (C=O) groups is 1. The fourth-order valence-corrected chi connectivity index (χ4v) is 0.752. The van der Waals surface area contributed by atoms with Crippen LogP contribution in [0, 0.1) is 0 Å². The molecule has 0 aromatic carbocycles. The second-order valence-electron chi connectivity index (χ2n) is 2.29. The van der Waals surface area contributed by atoms with Crippen molar-refractivity contribution in [3.8, 4) is 0 Å². The van der Waals surface area contributed by atoms with Crippen LogP contribution in [0.4, 0.5) is 0 Å². The van der Waals surface area contributed by atoms with Crippen LogP contribution in [-0.4, -0.2) is 36.5 Å². The maximum Gasteiger partial charge on any atom is 0.307 e. The minimum atomic E-state index is -0.204. The summed E-state index contributed by atoms with van der Waals surface area (Å²) in [6.45, 7) is 3.04. The van der Waals surface area contributed by atoms with Gasteiger partial charge < -0.3 is 13.9 Å². The molecule has 4 nitrogen and oxygen atoms in total. The van der Waals surface area contributed by atoms with E-state index in [1.807, 2.05) is 6.92 Å². The van der Waals surface area contributed by atoms with Gasteiger partial charge >= 0.3 is 5.97 Å². The second-order valence-corrected chi connectivity index (χ2v) is 2.86. The van der Waals surface area contributed by atoms with Crippen molar-refractivity contribution in [3.05, 3.63) is 0 Å². The van der Waals surface area contributed by atoms with Crippen LogP contribution in [0.1, 0.15) is 19.8 Å². The average Bonchev–Trinajstić information content (AvgIpc) is 2.05. The van der Waals surface area contributed by atoms with E-state index in [4.69, 9.17) is 13.9 Å². The lowest BCUT2D eigenvalue weighted by molar-refractivity contribution is -0.156. The van der Waals surface area contributed by atoms with E-state index in [9.17, 15) is 4.79 Å². The highest BCUT2D eigenvalue weighted by atomic mass is 28.2. The van der Waals surface area contributed by atoms with E-state index in [0.29, 0.717) is 19.6 Å². The molecule has 0 aliphatic carbocycles. The molecule has 0 aromatic rings. The molecule has 0 radical (unpaired) electrons. The smallest absolute Gasteiger partial charge is 0.307 e. The summed E-state index contributed by atoms with van der Waals surface area (Å²) in [6.07, 6.45) is 1.27. The second kappa shape index (κ2) is 8.70. The van der Waals surface area contributed by atoms with Gasteiger partial charge in [0.1, 0.15) is 10.5 Å². The minimum Gasteiger partial charge on any atom is -0.438 e. The molecule has 12 heavy (non-hydrogen) atoms. The van der Waals surface area contributed by atoms with Crippen molar-refractivity contribution in [3.63, 3.8) is 0 Å². The number of hydrogen-bond acceptors (Lipinski definition) is 4. The summed E-state index contributed by atoms with van der Waals surface area (Å²) in [5.41, 5.74) is 0. The highest BCUT2D eigenvalue weighted by molar-refractivity contribution is 5.97. The van der Waals surface area contributed by atoms with Crippen LogP contribution < -0.4 is 0 Å². The summed E-state index contributed by atoms with van der Waals surface area (Å²) in [5.74, 6) is -0.204. The molecule has 0 rings (SSSR count). The van der Waals surface area contributed by atoms with Crippen LogP contribution in [0.15, 0.2) is 0 Å². The predicted molar refractivity (Wildman–Crippen MR) is 47.7 cm³/mol. The van der Waals surface area contributed by atoms with Crippen molar-refractivity contribution in [2.75, 3.05) is 20.0 Å². The Kier molecular flexibility index (Phi) is 8.42. The first-order valence-electron chi connectivity index (χ1n) is 4.03. The van der Waals surface area contributed by atoms with E-state index < -0.39 is 0 Å². The van der Waals surface area contributed by atoms with Crippen molar-refractivity contribution < 1.29 is 18.7 Å². The SMILES string of the molecule is CCCC(=O)OCOCCO[SiH3]. The third-order valence-corrected chi connectivity index (χ3v) is 1.60. The van der Waals surface area contributed by atoms with Gasteiger partial charge in [-0.1, -0.05) is 6.92 Å².